The minimum atomic E-state index is -0.565. The first-order chi connectivity index (χ1) is 14.9. The first kappa shape index (κ1) is 21.3. The van der Waals surface area contributed by atoms with Crippen LogP contribution in [0.1, 0.15) is 5.56 Å². The summed E-state index contributed by atoms with van der Waals surface area (Å²) in [4.78, 5) is 11.3. The molecule has 2 aromatic carbocycles. The minimum absolute atomic E-state index is 0.0426. The molecule has 0 atom stereocenters. The molecule has 4 aromatic rings. The molecule has 1 N–H and O–H groups in total. The van der Waals surface area contributed by atoms with E-state index in [1.807, 2.05) is 0 Å². The number of rotatable bonds is 6. The summed E-state index contributed by atoms with van der Waals surface area (Å²) < 4.78 is 38.8. The average molecular weight is 507 g/mol. The van der Waals surface area contributed by atoms with Gasteiger partial charge in [0.2, 0.25) is 5.95 Å². The van der Waals surface area contributed by atoms with Crippen LogP contribution >= 0.6 is 27.5 Å². The van der Waals surface area contributed by atoms with E-state index < -0.39 is 11.8 Å². The number of hydrogen-bond donors (Lipinski definition) is 1. The number of nitrogens with zero attached hydrogens (tertiary/aromatic N) is 2. The zero-order chi connectivity index (χ0) is 22.0. The molecular formula is C22H15BrClF2N3O2. The van der Waals surface area contributed by atoms with Crippen molar-refractivity contribution in [1.29, 1.82) is 0 Å². The second-order valence-electron chi connectivity index (χ2n) is 6.51. The van der Waals surface area contributed by atoms with E-state index in [1.54, 1.807) is 36.4 Å². The molecule has 0 aliphatic carbocycles. The number of aromatic nitrogens is 3. The maximum Gasteiger partial charge on any atom is 0.212 e. The topological polar surface area (TPSA) is 60.0 Å². The molecule has 0 bridgehead atoms. The normalized spacial score (nSPS) is 10.9. The van der Waals surface area contributed by atoms with Crippen LogP contribution in [0.5, 0.6) is 11.5 Å². The highest BCUT2D eigenvalue weighted by atomic mass is 79.9. The van der Waals surface area contributed by atoms with Crippen molar-refractivity contribution < 1.29 is 18.3 Å². The van der Waals surface area contributed by atoms with E-state index in [9.17, 15) is 8.78 Å². The molecule has 0 unspecified atom stereocenters. The summed E-state index contributed by atoms with van der Waals surface area (Å²) in [6, 6.07) is 12.5. The summed E-state index contributed by atoms with van der Waals surface area (Å²) >= 11 is 9.23. The van der Waals surface area contributed by atoms with Gasteiger partial charge in [-0.1, -0.05) is 17.7 Å². The van der Waals surface area contributed by atoms with Crippen molar-refractivity contribution in [2.24, 2.45) is 0 Å². The van der Waals surface area contributed by atoms with Gasteiger partial charge in [0.05, 0.1) is 12.8 Å². The zero-order valence-electron chi connectivity index (χ0n) is 16.1. The van der Waals surface area contributed by atoms with Gasteiger partial charge >= 0.3 is 0 Å². The van der Waals surface area contributed by atoms with E-state index in [0.29, 0.717) is 43.8 Å². The first-order valence-corrected chi connectivity index (χ1v) is 10.2. The highest BCUT2D eigenvalue weighted by molar-refractivity contribution is 9.10. The Bertz CT molecular complexity index is 1230. The van der Waals surface area contributed by atoms with Gasteiger partial charge in [0.1, 0.15) is 34.4 Å². The van der Waals surface area contributed by atoms with Crippen LogP contribution in [0.3, 0.4) is 0 Å². The van der Waals surface area contributed by atoms with E-state index >= 15 is 0 Å². The van der Waals surface area contributed by atoms with Crippen molar-refractivity contribution in [2.75, 3.05) is 7.11 Å². The highest BCUT2D eigenvalue weighted by Crippen LogP contribution is 2.37. The van der Waals surface area contributed by atoms with Crippen LogP contribution in [0, 0.1) is 11.8 Å². The Morgan fingerprint density at radius 2 is 1.94 bits per heavy atom. The molecule has 0 aliphatic rings. The van der Waals surface area contributed by atoms with Gasteiger partial charge in [0.25, 0.3) is 0 Å². The maximum absolute atomic E-state index is 14.0. The third kappa shape index (κ3) is 4.70. The van der Waals surface area contributed by atoms with Gasteiger partial charge in [-0.25, -0.2) is 14.4 Å². The average Bonchev–Trinajstić information content (AvgIpc) is 3.14. The number of hydrogen-bond acceptors (Lipinski definition) is 4. The summed E-state index contributed by atoms with van der Waals surface area (Å²) in [5, 5.41) is 0.327. The molecular weight excluding hydrogens is 492 g/mol. The lowest BCUT2D eigenvalue weighted by Crippen LogP contribution is -1.99. The smallest absolute Gasteiger partial charge is 0.212 e. The molecule has 0 amide bonds. The predicted octanol–water partition coefficient (Wildman–Crippen LogP) is 6.42. The fourth-order valence-corrected chi connectivity index (χ4v) is 3.60. The van der Waals surface area contributed by atoms with Gasteiger partial charge in [0.15, 0.2) is 0 Å². The van der Waals surface area contributed by atoms with E-state index in [-0.39, 0.29) is 6.61 Å². The Hall–Kier alpha value is -2.97. The van der Waals surface area contributed by atoms with Crippen LogP contribution in [-0.2, 0) is 6.61 Å². The SMILES string of the molecule is COc1cc(OCc2ccc(Cl)cc2F)ccc1-c1[nH]c(-c2ccc(F)nc2)nc1Br. The fraction of sp³-hybridized carbons (Fsp3) is 0.0909. The lowest BCUT2D eigenvalue weighted by molar-refractivity contribution is 0.297. The Morgan fingerprint density at radius 3 is 2.65 bits per heavy atom. The Kier molecular flexibility index (Phi) is 6.20. The summed E-state index contributed by atoms with van der Waals surface area (Å²) in [5.41, 5.74) is 2.43. The van der Waals surface area contributed by atoms with Gasteiger partial charge in [-0.2, -0.15) is 4.39 Å². The molecule has 2 aromatic heterocycles. The number of halogens is 4. The molecule has 0 fully saturated rings. The number of methoxy groups -OCH3 is 1. The Labute approximate surface area is 190 Å². The summed E-state index contributed by atoms with van der Waals surface area (Å²) in [7, 11) is 1.54. The Balaban J connectivity index is 1.59. The maximum atomic E-state index is 14.0. The van der Waals surface area contributed by atoms with E-state index in [1.165, 1.54) is 25.4 Å². The molecule has 0 aliphatic heterocycles. The van der Waals surface area contributed by atoms with E-state index in [0.717, 1.165) is 5.56 Å². The summed E-state index contributed by atoms with van der Waals surface area (Å²) in [6.45, 7) is 0.0426. The van der Waals surface area contributed by atoms with Crippen LogP contribution in [0.2, 0.25) is 5.02 Å². The molecule has 0 spiro atoms. The molecule has 9 heteroatoms. The van der Waals surface area contributed by atoms with Gasteiger partial charge in [0, 0.05) is 34.0 Å². The lowest BCUT2D eigenvalue weighted by Gasteiger charge is -2.12. The van der Waals surface area contributed by atoms with Crippen molar-refractivity contribution in [1.82, 2.24) is 15.0 Å². The van der Waals surface area contributed by atoms with Crippen molar-refractivity contribution in [3.63, 3.8) is 0 Å². The van der Waals surface area contributed by atoms with Crippen LogP contribution < -0.4 is 9.47 Å². The van der Waals surface area contributed by atoms with Gasteiger partial charge in [-0.15, -0.1) is 0 Å². The molecule has 2 heterocycles. The molecule has 0 radical (unpaired) electrons. The van der Waals surface area contributed by atoms with Crippen LogP contribution in [0.15, 0.2) is 59.3 Å². The molecule has 0 saturated heterocycles. The number of pyridine rings is 1. The number of benzene rings is 2. The van der Waals surface area contributed by atoms with Gasteiger partial charge in [-0.05, 0) is 52.3 Å². The number of aromatic amines is 1. The molecule has 0 saturated carbocycles. The van der Waals surface area contributed by atoms with Crippen LogP contribution in [-0.4, -0.2) is 22.1 Å². The van der Waals surface area contributed by atoms with Crippen LogP contribution in [0.25, 0.3) is 22.6 Å². The third-order valence-corrected chi connectivity index (χ3v) is 5.32. The molecule has 158 valence electrons. The number of H-pyrrole nitrogens is 1. The van der Waals surface area contributed by atoms with Crippen molar-refractivity contribution in [2.45, 2.75) is 6.61 Å². The monoisotopic (exact) mass is 505 g/mol. The number of ether oxygens (including phenoxy) is 2. The van der Waals surface area contributed by atoms with Gasteiger partial charge < -0.3 is 14.5 Å². The van der Waals surface area contributed by atoms with Crippen molar-refractivity contribution in [3.05, 3.63) is 81.7 Å². The molecule has 4 rings (SSSR count). The first-order valence-electron chi connectivity index (χ1n) is 9.07. The van der Waals surface area contributed by atoms with Crippen molar-refractivity contribution >= 4 is 27.5 Å². The number of imidazole rings is 1. The fourth-order valence-electron chi connectivity index (χ4n) is 2.95. The Morgan fingerprint density at radius 1 is 1.10 bits per heavy atom. The number of nitrogens with one attached hydrogen (secondary N) is 1. The second kappa shape index (κ2) is 9.03. The van der Waals surface area contributed by atoms with Crippen molar-refractivity contribution in [3.8, 4) is 34.1 Å². The van der Waals surface area contributed by atoms with Crippen LogP contribution in [0.4, 0.5) is 8.78 Å². The van der Waals surface area contributed by atoms with Gasteiger partial charge in [-0.3, -0.25) is 0 Å². The third-order valence-electron chi connectivity index (χ3n) is 4.51. The molecule has 31 heavy (non-hydrogen) atoms. The predicted molar refractivity (Wildman–Crippen MR) is 117 cm³/mol. The van der Waals surface area contributed by atoms with E-state index in [4.69, 9.17) is 21.1 Å². The molecule has 5 nitrogen and oxygen atoms in total. The van der Waals surface area contributed by atoms with E-state index in [2.05, 4.69) is 30.9 Å². The minimum Gasteiger partial charge on any atom is -0.496 e. The quantitative estimate of drug-likeness (QED) is 0.307. The lowest BCUT2D eigenvalue weighted by atomic mass is 10.1. The standard InChI is InChI=1S/C22H15BrClF2N3O2/c1-30-18-9-15(31-11-13-2-4-14(24)8-17(13)25)5-6-16(18)20-21(23)29-22(28-20)12-3-7-19(26)27-10-12/h2-10H,11H2,1H3,(H,28,29). The zero-order valence-corrected chi connectivity index (χ0v) is 18.5. The highest BCUT2D eigenvalue weighted by Gasteiger charge is 2.16. The summed E-state index contributed by atoms with van der Waals surface area (Å²) in [5.74, 6) is 0.566. The largest absolute Gasteiger partial charge is 0.496 e. The summed E-state index contributed by atoms with van der Waals surface area (Å²) in [6.07, 6.45) is 1.40. The second-order valence-corrected chi connectivity index (χ2v) is 7.69.